The van der Waals surface area contributed by atoms with Gasteiger partial charge in [0.05, 0.1) is 17.8 Å². The summed E-state index contributed by atoms with van der Waals surface area (Å²) in [5, 5.41) is 3.38. The summed E-state index contributed by atoms with van der Waals surface area (Å²) in [4.78, 5) is 20.1. The summed E-state index contributed by atoms with van der Waals surface area (Å²) >= 11 is 6.07. The van der Waals surface area contributed by atoms with Gasteiger partial charge in [-0.05, 0) is 56.2 Å². The molecule has 208 valence electrons. The Hall–Kier alpha value is -2.33. The molecule has 0 unspecified atom stereocenters. The molecule has 0 aliphatic carbocycles. The van der Waals surface area contributed by atoms with E-state index in [0.29, 0.717) is 31.1 Å². The molecular weight excluding hydrogens is 517 g/mol. The SMILES string of the molecule is CNc1cc(C(=O)N2CCN(CCN3C[C@@H](C)O[C@@H](C)C3)C[C@H]2Cc2ccc(Cl)cc2)cc(C(F)(F)F)c1. The summed E-state index contributed by atoms with van der Waals surface area (Å²) in [5.74, 6) is -0.387. The Morgan fingerprint density at radius 3 is 2.29 bits per heavy atom. The Labute approximate surface area is 227 Å². The zero-order valence-electron chi connectivity index (χ0n) is 22.1. The van der Waals surface area contributed by atoms with Crippen LogP contribution in [0.2, 0.25) is 5.02 Å². The third-order valence-electron chi connectivity index (χ3n) is 7.24. The molecule has 4 rings (SSSR count). The first kappa shape index (κ1) is 28.7. The minimum absolute atomic E-state index is 0.0371. The van der Waals surface area contributed by atoms with Crippen LogP contribution in [0.15, 0.2) is 42.5 Å². The summed E-state index contributed by atoms with van der Waals surface area (Å²) in [7, 11) is 1.54. The molecule has 38 heavy (non-hydrogen) atoms. The molecule has 3 atom stereocenters. The molecule has 2 aliphatic rings. The second-order valence-electron chi connectivity index (χ2n) is 10.3. The number of hydrogen-bond acceptors (Lipinski definition) is 5. The molecule has 0 aromatic heterocycles. The van der Waals surface area contributed by atoms with Gasteiger partial charge in [-0.15, -0.1) is 0 Å². The van der Waals surface area contributed by atoms with Gasteiger partial charge in [0.25, 0.3) is 5.91 Å². The van der Waals surface area contributed by atoms with Crippen molar-refractivity contribution in [3.63, 3.8) is 0 Å². The summed E-state index contributed by atoms with van der Waals surface area (Å²) < 4.78 is 46.5. The van der Waals surface area contributed by atoms with E-state index in [-0.39, 0.29) is 35.4 Å². The molecule has 0 saturated carbocycles. The van der Waals surface area contributed by atoms with Crippen LogP contribution in [0, 0.1) is 0 Å². The maximum atomic E-state index is 13.7. The van der Waals surface area contributed by atoms with Gasteiger partial charge < -0.3 is 15.0 Å². The first-order valence-electron chi connectivity index (χ1n) is 13.1. The van der Waals surface area contributed by atoms with Crippen molar-refractivity contribution in [1.29, 1.82) is 0 Å². The number of morpholine rings is 1. The molecule has 2 fully saturated rings. The molecule has 2 saturated heterocycles. The molecule has 2 aliphatic heterocycles. The van der Waals surface area contributed by atoms with E-state index in [4.69, 9.17) is 16.3 Å². The predicted octanol–water partition coefficient (Wildman–Crippen LogP) is 4.88. The van der Waals surface area contributed by atoms with E-state index in [1.54, 1.807) is 11.9 Å². The van der Waals surface area contributed by atoms with Crippen molar-refractivity contribution in [2.45, 2.75) is 44.7 Å². The van der Waals surface area contributed by atoms with Gasteiger partial charge in [-0.1, -0.05) is 23.7 Å². The molecule has 0 spiro atoms. The van der Waals surface area contributed by atoms with Gasteiger partial charge in [-0.2, -0.15) is 13.2 Å². The van der Waals surface area contributed by atoms with E-state index in [0.717, 1.165) is 43.9 Å². The largest absolute Gasteiger partial charge is 0.416 e. The lowest BCUT2D eigenvalue weighted by Gasteiger charge is -2.43. The Bertz CT molecular complexity index is 1090. The number of hydrogen-bond donors (Lipinski definition) is 1. The van der Waals surface area contributed by atoms with Gasteiger partial charge in [-0.3, -0.25) is 14.6 Å². The zero-order valence-corrected chi connectivity index (χ0v) is 22.9. The number of alkyl halides is 3. The lowest BCUT2D eigenvalue weighted by atomic mass is 10.00. The summed E-state index contributed by atoms with van der Waals surface area (Å²) in [6, 6.07) is 10.8. The van der Waals surface area contributed by atoms with Gasteiger partial charge in [0, 0.05) is 75.2 Å². The molecule has 2 aromatic carbocycles. The number of anilines is 1. The number of nitrogens with one attached hydrogen (secondary N) is 1. The standard InChI is InChI=1S/C28H36ClF3N4O2/c1-19-16-35(17-20(2)38-19)9-8-34-10-11-36(26(18-34)12-21-4-6-24(29)7-5-21)27(37)22-13-23(28(30,31)32)15-25(14-22)33-3/h4-7,13-15,19-20,26,33H,8-12,16-18H2,1-3H3/t19-,20+,26-/m1/s1. The summed E-state index contributed by atoms with van der Waals surface area (Å²) in [5.41, 5.74) is 0.476. The number of carbonyl (C=O) groups excluding carboxylic acids is 1. The lowest BCUT2D eigenvalue weighted by molar-refractivity contribution is -0.137. The number of amides is 1. The van der Waals surface area contributed by atoms with Crippen molar-refractivity contribution < 1.29 is 22.7 Å². The lowest BCUT2D eigenvalue weighted by Crippen LogP contribution is -2.57. The van der Waals surface area contributed by atoms with Crippen molar-refractivity contribution in [1.82, 2.24) is 14.7 Å². The Morgan fingerprint density at radius 1 is 1.00 bits per heavy atom. The van der Waals surface area contributed by atoms with Gasteiger partial charge in [0.2, 0.25) is 0 Å². The average molecular weight is 553 g/mol. The first-order valence-corrected chi connectivity index (χ1v) is 13.4. The van der Waals surface area contributed by atoms with Gasteiger partial charge >= 0.3 is 6.18 Å². The maximum Gasteiger partial charge on any atom is 0.416 e. The van der Waals surface area contributed by atoms with Crippen LogP contribution in [0.1, 0.15) is 35.3 Å². The average Bonchev–Trinajstić information content (AvgIpc) is 2.87. The number of piperazine rings is 1. The fourth-order valence-electron chi connectivity index (χ4n) is 5.43. The fraction of sp³-hybridized carbons (Fsp3) is 0.536. The number of benzene rings is 2. The van der Waals surface area contributed by atoms with Gasteiger partial charge in [-0.25, -0.2) is 0 Å². The molecule has 10 heteroatoms. The number of carbonyl (C=O) groups is 1. The molecule has 2 heterocycles. The normalized spacial score (nSPS) is 23.4. The van der Waals surface area contributed by atoms with E-state index in [1.165, 1.54) is 6.07 Å². The van der Waals surface area contributed by atoms with E-state index in [9.17, 15) is 18.0 Å². The van der Waals surface area contributed by atoms with E-state index in [1.807, 2.05) is 24.3 Å². The molecule has 0 radical (unpaired) electrons. The third kappa shape index (κ3) is 7.40. The first-order chi connectivity index (χ1) is 18.0. The Kier molecular flexibility index (Phi) is 9.23. The zero-order chi connectivity index (χ0) is 27.4. The monoisotopic (exact) mass is 552 g/mol. The summed E-state index contributed by atoms with van der Waals surface area (Å²) in [6.07, 6.45) is -3.57. The highest BCUT2D eigenvalue weighted by atomic mass is 35.5. The number of ether oxygens (including phenoxy) is 1. The highest BCUT2D eigenvalue weighted by Gasteiger charge is 2.35. The number of nitrogens with zero attached hydrogens (tertiary/aromatic N) is 3. The maximum absolute atomic E-state index is 13.7. The van der Waals surface area contributed by atoms with Crippen LogP contribution in [-0.2, 0) is 17.3 Å². The van der Waals surface area contributed by atoms with Crippen molar-refractivity contribution in [3.05, 3.63) is 64.2 Å². The smallest absolute Gasteiger partial charge is 0.388 e. The van der Waals surface area contributed by atoms with Gasteiger partial charge in [0.1, 0.15) is 0 Å². The predicted molar refractivity (Wildman–Crippen MR) is 144 cm³/mol. The summed E-state index contributed by atoms with van der Waals surface area (Å²) in [6.45, 7) is 9.45. The van der Waals surface area contributed by atoms with Crippen LogP contribution in [0.4, 0.5) is 18.9 Å². The van der Waals surface area contributed by atoms with Crippen molar-refractivity contribution in [2.24, 2.45) is 0 Å². The quantitative estimate of drug-likeness (QED) is 0.531. The second-order valence-corrected chi connectivity index (χ2v) is 10.8. The molecule has 2 aromatic rings. The Balaban J connectivity index is 1.52. The minimum atomic E-state index is -4.54. The number of rotatable bonds is 7. The highest BCUT2D eigenvalue weighted by molar-refractivity contribution is 6.30. The van der Waals surface area contributed by atoms with Crippen molar-refractivity contribution in [3.8, 4) is 0 Å². The molecule has 1 N–H and O–H groups in total. The van der Waals surface area contributed by atoms with E-state index >= 15 is 0 Å². The minimum Gasteiger partial charge on any atom is -0.388 e. The van der Waals surface area contributed by atoms with Crippen molar-refractivity contribution >= 4 is 23.2 Å². The topological polar surface area (TPSA) is 48.1 Å². The van der Waals surface area contributed by atoms with Gasteiger partial charge in [0.15, 0.2) is 0 Å². The molecular formula is C28H36ClF3N4O2. The van der Waals surface area contributed by atoms with Crippen LogP contribution in [0.25, 0.3) is 0 Å². The van der Waals surface area contributed by atoms with Crippen LogP contribution in [0.5, 0.6) is 0 Å². The van der Waals surface area contributed by atoms with Crippen LogP contribution < -0.4 is 5.32 Å². The molecule has 1 amide bonds. The van der Waals surface area contributed by atoms with E-state index < -0.39 is 11.7 Å². The third-order valence-corrected chi connectivity index (χ3v) is 7.49. The fourth-order valence-corrected chi connectivity index (χ4v) is 5.56. The van der Waals surface area contributed by atoms with Crippen molar-refractivity contribution in [2.75, 3.05) is 58.2 Å². The molecule has 0 bridgehead atoms. The van der Waals surface area contributed by atoms with Crippen LogP contribution in [0.3, 0.4) is 0 Å². The van der Waals surface area contributed by atoms with Crippen LogP contribution >= 0.6 is 11.6 Å². The number of halogens is 4. The Morgan fingerprint density at radius 2 is 1.66 bits per heavy atom. The molecule has 6 nitrogen and oxygen atoms in total. The highest BCUT2D eigenvalue weighted by Crippen LogP contribution is 2.32. The second kappa shape index (κ2) is 12.2. The van der Waals surface area contributed by atoms with E-state index in [2.05, 4.69) is 29.0 Å². The van der Waals surface area contributed by atoms with Crippen LogP contribution in [-0.4, -0.2) is 91.7 Å².